The molecule has 1 atom stereocenters. The van der Waals surface area contributed by atoms with E-state index in [4.69, 9.17) is 17.4 Å². The number of rotatable bonds is 4. The predicted molar refractivity (Wildman–Crippen MR) is 90.0 cm³/mol. The van der Waals surface area contributed by atoms with Gasteiger partial charge in [0.05, 0.1) is 0 Å². The first kappa shape index (κ1) is 17.9. The minimum Gasteiger partial charge on any atom is -0.294 e. The molecule has 0 rings (SSSR count). The van der Waals surface area contributed by atoms with Crippen LogP contribution in [0.25, 0.3) is 0 Å². The second-order valence-corrected chi connectivity index (χ2v) is 22.0. The number of nitrogens with one attached hydrogen (secondary N) is 2. The van der Waals surface area contributed by atoms with Crippen LogP contribution in [0.15, 0.2) is 0 Å². The predicted octanol–water partition coefficient (Wildman–Crippen LogP) is 4.80. The average molecular weight is 312 g/mol. The summed E-state index contributed by atoms with van der Waals surface area (Å²) in [7, 11) is -3.08. The third-order valence-electron chi connectivity index (χ3n) is 2.05. The summed E-state index contributed by atoms with van der Waals surface area (Å²) in [4.78, 5) is 0. The van der Waals surface area contributed by atoms with Gasteiger partial charge in [0.2, 0.25) is 0 Å². The normalized spacial score (nSPS) is 18.3. The van der Waals surface area contributed by atoms with Gasteiger partial charge in [-0.05, 0) is 20.8 Å². The van der Waals surface area contributed by atoms with E-state index in [0.717, 1.165) is 0 Å². The zero-order valence-electron chi connectivity index (χ0n) is 12.8. The van der Waals surface area contributed by atoms with Crippen LogP contribution in [0.3, 0.4) is 0 Å². The second-order valence-electron chi connectivity index (χ2n) is 7.62. The van der Waals surface area contributed by atoms with Gasteiger partial charge in [-0.15, -0.1) is 12.2 Å². The fourth-order valence-electron chi connectivity index (χ4n) is 2.39. The Morgan fingerprint density at radius 3 is 1.47 bits per heavy atom. The molecule has 0 saturated carbocycles. The molecule has 0 aliphatic heterocycles. The molecule has 3 nitrogen and oxygen atoms in total. The van der Waals surface area contributed by atoms with E-state index in [2.05, 4.69) is 69.1 Å². The van der Waals surface area contributed by atoms with Crippen LogP contribution in [0, 0.1) is 5.16 Å². The summed E-state index contributed by atoms with van der Waals surface area (Å²) in [6, 6.07) is 0. The van der Waals surface area contributed by atoms with E-state index < -0.39 is 23.0 Å². The van der Waals surface area contributed by atoms with Gasteiger partial charge >= 0.3 is 0 Å². The van der Waals surface area contributed by atoms with E-state index in [-0.39, 0.29) is 5.54 Å². The van der Waals surface area contributed by atoms with Crippen LogP contribution in [0.4, 0.5) is 0 Å². The van der Waals surface area contributed by atoms with Gasteiger partial charge in [-0.25, -0.2) is 0 Å². The molecule has 7 heteroatoms. The summed E-state index contributed by atoms with van der Waals surface area (Å²) in [5, 5.41) is 12.2. The highest BCUT2D eigenvalue weighted by atomic mass is 32.7. The van der Waals surface area contributed by atoms with Crippen LogP contribution in [-0.2, 0) is 0 Å². The summed E-state index contributed by atoms with van der Waals surface area (Å²) >= 11 is 4.72. The van der Waals surface area contributed by atoms with Crippen molar-refractivity contribution in [1.82, 2.24) is 9.09 Å². The van der Waals surface area contributed by atoms with Gasteiger partial charge < -0.3 is 0 Å². The van der Waals surface area contributed by atoms with Gasteiger partial charge in [0.15, 0.2) is 0 Å². The molecule has 0 amide bonds. The molecule has 104 valence electrons. The molecule has 0 aliphatic rings. The van der Waals surface area contributed by atoms with E-state index in [1.807, 2.05) is 0 Å². The fraction of sp³-hybridized carbons (Fsp3) is 1.00. The Morgan fingerprint density at radius 2 is 1.29 bits per heavy atom. The topological polar surface area (TPSA) is 39.1 Å². The molecule has 0 bridgehead atoms. The first-order valence-electron chi connectivity index (χ1n) is 6.04. The first-order chi connectivity index (χ1) is 7.07. The lowest BCUT2D eigenvalue weighted by Crippen LogP contribution is -2.58. The number of thiol groups is 1. The van der Waals surface area contributed by atoms with Gasteiger partial charge in [-0.3, -0.25) is 14.3 Å². The van der Waals surface area contributed by atoms with Crippen molar-refractivity contribution in [3.63, 3.8) is 0 Å². The highest BCUT2D eigenvalue weighted by Gasteiger charge is 2.43. The number of hydrogen-bond donors (Lipinski definition) is 3. The van der Waals surface area contributed by atoms with E-state index in [1.54, 1.807) is 0 Å². The van der Waals surface area contributed by atoms with Crippen LogP contribution in [0.1, 0.15) is 20.8 Å². The van der Waals surface area contributed by atoms with Crippen molar-refractivity contribution in [3.8, 4) is 0 Å². The number of nitrogens with zero attached hydrogens (tertiary/aromatic N) is 1. The Balaban J connectivity index is 5.43. The quantitative estimate of drug-likeness (QED) is 0.396. The number of hydrogen-bond acceptors (Lipinski definition) is 1. The highest BCUT2D eigenvalue weighted by molar-refractivity contribution is 8.47. The molecule has 0 heterocycles. The molecule has 0 fully saturated rings. The smallest absolute Gasteiger partial charge is 0.132 e. The van der Waals surface area contributed by atoms with Crippen molar-refractivity contribution >= 4 is 35.3 Å². The molecular weight excluding hydrogens is 281 g/mol. The third-order valence-corrected chi connectivity index (χ3v) is 17.4. The molecule has 0 unspecified atom stereocenters. The minimum atomic E-state index is -2.27. The van der Waals surface area contributed by atoms with Crippen LogP contribution >= 0.6 is 18.8 Å². The van der Waals surface area contributed by atoms with Crippen molar-refractivity contribution in [3.05, 3.63) is 0 Å². The maximum absolute atomic E-state index is 8.71. The lowest BCUT2D eigenvalue weighted by molar-refractivity contribution is 0.523. The van der Waals surface area contributed by atoms with Crippen molar-refractivity contribution < 1.29 is 0 Å². The molecule has 0 radical (unpaired) electrons. The molecule has 17 heavy (non-hydrogen) atoms. The summed E-state index contributed by atoms with van der Waals surface area (Å²) in [5.41, 5.74) is -0.0607. The van der Waals surface area contributed by atoms with E-state index in [0.29, 0.717) is 0 Å². The fourth-order valence-corrected chi connectivity index (χ4v) is 24.5. The lowest BCUT2D eigenvalue weighted by atomic mass is 10.1. The minimum absolute atomic E-state index is 0.0607. The van der Waals surface area contributed by atoms with Gasteiger partial charge in [0, 0.05) is 5.54 Å². The summed E-state index contributed by atoms with van der Waals surface area (Å²) < 4.78 is 2.47. The molecule has 0 aromatic carbocycles. The van der Waals surface area contributed by atoms with Gasteiger partial charge in [0.1, 0.15) is 23.0 Å². The van der Waals surface area contributed by atoms with Crippen LogP contribution in [-0.4, -0.2) is 26.0 Å². The summed E-state index contributed by atoms with van der Waals surface area (Å²) in [6.45, 7) is 18.0. The zero-order valence-corrected chi connectivity index (χ0v) is 16.6. The maximum atomic E-state index is 8.71. The molecule has 2 N–H and O–H groups in total. The van der Waals surface area contributed by atoms with E-state index in [9.17, 15) is 0 Å². The first-order valence-corrected chi connectivity index (χ1v) is 15.8. The molecule has 0 aliphatic carbocycles. The average Bonchev–Trinajstić information content (AvgIpc) is 1.66. The SMILES string of the molecule is CC(C)(C)N[P@@](=N)(S)N([Si](C)(C)C)[Si](C)(C)C. The molecule has 0 spiro atoms. The zero-order chi connectivity index (χ0) is 14.3. The van der Waals surface area contributed by atoms with Crippen molar-refractivity contribution in [2.24, 2.45) is 0 Å². The monoisotopic (exact) mass is 311 g/mol. The second kappa shape index (κ2) is 5.14. The Bertz CT molecular complexity index is 301. The van der Waals surface area contributed by atoms with E-state index in [1.165, 1.54) is 0 Å². The van der Waals surface area contributed by atoms with Crippen molar-refractivity contribution in [2.75, 3.05) is 0 Å². The standard InChI is InChI=1S/C10H30N3PSSi2/c1-10(2,3)12-14(11,15)13(16(4,5)6)17(7,8)9/h1-9H3,(H3,11,12,15)/t14-/m1/s1. The third kappa shape index (κ3) is 6.07. The van der Waals surface area contributed by atoms with Crippen molar-refractivity contribution in [2.45, 2.75) is 65.6 Å². The Hall–Kier alpha value is 0.934. The highest BCUT2D eigenvalue weighted by Crippen LogP contribution is 2.57. The van der Waals surface area contributed by atoms with Gasteiger partial charge in [0.25, 0.3) is 0 Å². The van der Waals surface area contributed by atoms with Crippen LogP contribution in [0.2, 0.25) is 39.3 Å². The van der Waals surface area contributed by atoms with Crippen LogP contribution < -0.4 is 5.09 Å². The van der Waals surface area contributed by atoms with E-state index >= 15 is 0 Å². The Morgan fingerprint density at radius 1 is 1.00 bits per heavy atom. The van der Waals surface area contributed by atoms with Crippen molar-refractivity contribution in [1.29, 1.82) is 5.16 Å². The largest absolute Gasteiger partial charge is 0.294 e. The van der Waals surface area contributed by atoms with Gasteiger partial charge in [-0.2, -0.15) is 0 Å². The summed E-state index contributed by atoms with van der Waals surface area (Å²) in [5.74, 6) is 0. The Labute approximate surface area is 115 Å². The molecule has 0 aromatic heterocycles. The summed E-state index contributed by atoms with van der Waals surface area (Å²) in [6.07, 6.45) is 0. The molecular formula is C10H30N3PSSi2. The molecule has 0 aromatic rings. The Kier molecular flexibility index (Phi) is 5.42. The van der Waals surface area contributed by atoms with Gasteiger partial charge in [-0.1, -0.05) is 39.3 Å². The lowest BCUT2D eigenvalue weighted by Gasteiger charge is -2.50. The maximum Gasteiger partial charge on any atom is 0.132 e. The molecule has 0 saturated heterocycles. The van der Waals surface area contributed by atoms with Crippen LogP contribution in [0.5, 0.6) is 0 Å².